The van der Waals surface area contributed by atoms with Crippen molar-refractivity contribution in [3.63, 3.8) is 0 Å². The molecule has 1 amide bonds. The number of aliphatic hydroxyl groups is 3. The van der Waals surface area contributed by atoms with Gasteiger partial charge in [-0.05, 0) is 70.4 Å². The van der Waals surface area contributed by atoms with E-state index in [2.05, 4.69) is 5.32 Å². The molecule has 19 heteroatoms. The van der Waals surface area contributed by atoms with Gasteiger partial charge in [-0.25, -0.2) is 19.2 Å². The van der Waals surface area contributed by atoms with Crippen LogP contribution in [0.5, 0.6) is 0 Å². The van der Waals surface area contributed by atoms with Crippen molar-refractivity contribution in [3.8, 4) is 0 Å². The lowest BCUT2D eigenvalue weighted by atomic mass is 9.44. The Labute approximate surface area is 387 Å². The summed E-state index contributed by atoms with van der Waals surface area (Å²) in [6, 6.07) is 12.9. The smallest absolute Gasteiger partial charge is 0.408 e. The number of esters is 5. The normalized spacial score (nSPS) is 31.0. The minimum Gasteiger partial charge on any atom is -0.455 e. The number of fused-ring (bicyclic) bond motifs is 5. The summed E-state index contributed by atoms with van der Waals surface area (Å²) in [7, 11) is 0. The molecule has 2 saturated carbocycles. The van der Waals surface area contributed by atoms with Crippen molar-refractivity contribution in [2.24, 2.45) is 22.5 Å². The molecule has 6 rings (SSSR count). The van der Waals surface area contributed by atoms with E-state index >= 15 is 4.79 Å². The van der Waals surface area contributed by atoms with E-state index < -0.39 is 137 Å². The molecule has 0 unspecified atom stereocenters. The second-order valence-corrected chi connectivity index (χ2v) is 19.4. The van der Waals surface area contributed by atoms with Gasteiger partial charge in [-0.2, -0.15) is 0 Å². The van der Waals surface area contributed by atoms with Crippen LogP contribution in [0.4, 0.5) is 4.79 Å². The number of rotatable bonds is 12. The molecule has 3 aliphatic carbocycles. The standard InChI is InChI=1S/C48H60N2O17/c1-24-29(63-42(58)36(64-32(53)22-61-40(56)25(2)49)34(27-16-12-10-13-17-27)50-43(59)67-44(4,5)6)21-48(60)39(65-41(57)28-18-14-11-15-19-28)37-46(9,38(55)35(54)33(24)45(48,7)8)30(52)20-31-47(37,23-62-31)66-26(3)51/h10-19,25,29-31,34-37,39,52,54,60H,20-23,49H2,1-9H3,(H,50,59)/t25-,29-,30-,31+,34-,35+,36+,37-,39-,46+,47-,48+/m0/s1. The maximum absolute atomic E-state index is 15.2. The minimum absolute atomic E-state index is 0.0322. The average molecular weight is 937 g/mol. The molecule has 0 spiro atoms. The van der Waals surface area contributed by atoms with Crippen molar-refractivity contribution >= 4 is 41.7 Å². The van der Waals surface area contributed by atoms with Crippen LogP contribution >= 0.6 is 0 Å². The summed E-state index contributed by atoms with van der Waals surface area (Å²) in [4.78, 5) is 96.4. The van der Waals surface area contributed by atoms with Crippen LogP contribution in [0.25, 0.3) is 0 Å². The van der Waals surface area contributed by atoms with Crippen LogP contribution in [0.3, 0.4) is 0 Å². The predicted molar refractivity (Wildman–Crippen MR) is 232 cm³/mol. The van der Waals surface area contributed by atoms with Gasteiger partial charge in [0.1, 0.15) is 47.7 Å². The number of nitrogens with two attached hydrogens (primary N) is 1. The number of nitrogens with one attached hydrogen (secondary N) is 1. The molecule has 6 N–H and O–H groups in total. The summed E-state index contributed by atoms with van der Waals surface area (Å²) in [5.74, 6) is -7.92. The highest BCUT2D eigenvalue weighted by Gasteiger charge is 2.78. The SMILES string of the molecule is CC(=O)O[C@@]12CO[C@@H]1C[C@H](O)[C@@]1(C)C(=O)[C@H](O)C3=C(C)[C@@H](OC(=O)[C@H](OC(=O)COC(=O)[C@H](C)N)[C@@H](NC(=O)OC(C)(C)C)c4ccccc4)C[C@@](O)([C@@H](OC(=O)c4ccccc4)[C@H]21)C3(C)C. The van der Waals surface area contributed by atoms with Gasteiger partial charge in [-0.3, -0.25) is 14.4 Å². The average Bonchev–Trinajstić information content (AvgIpc) is 3.25. The van der Waals surface area contributed by atoms with Crippen LogP contribution in [-0.4, -0.2) is 130 Å². The van der Waals surface area contributed by atoms with E-state index in [1.807, 2.05) is 0 Å². The van der Waals surface area contributed by atoms with Crippen molar-refractivity contribution in [1.29, 1.82) is 0 Å². The molecular formula is C48H60N2O17. The van der Waals surface area contributed by atoms with Crippen LogP contribution in [0.15, 0.2) is 71.8 Å². The van der Waals surface area contributed by atoms with E-state index in [4.69, 9.17) is 38.9 Å². The Bertz CT molecular complexity index is 2290. The van der Waals surface area contributed by atoms with Gasteiger partial charge in [0.25, 0.3) is 0 Å². The number of hydrogen-bond donors (Lipinski definition) is 5. The number of carbonyl (C=O) groups excluding carboxylic acids is 7. The first-order chi connectivity index (χ1) is 31.2. The van der Waals surface area contributed by atoms with Crippen molar-refractivity contribution in [1.82, 2.24) is 5.32 Å². The van der Waals surface area contributed by atoms with Crippen LogP contribution in [0, 0.1) is 16.7 Å². The lowest BCUT2D eigenvalue weighted by Crippen LogP contribution is -2.81. The van der Waals surface area contributed by atoms with E-state index in [9.17, 15) is 44.1 Å². The van der Waals surface area contributed by atoms with Crippen LogP contribution < -0.4 is 11.1 Å². The highest BCUT2D eigenvalue weighted by atomic mass is 16.6. The first-order valence-electron chi connectivity index (χ1n) is 22.0. The van der Waals surface area contributed by atoms with Gasteiger partial charge in [0, 0.05) is 25.2 Å². The number of ketones is 1. The molecule has 3 fully saturated rings. The fourth-order valence-corrected chi connectivity index (χ4v) is 10.1. The molecule has 4 aliphatic rings. The summed E-state index contributed by atoms with van der Waals surface area (Å²) >= 11 is 0. The van der Waals surface area contributed by atoms with E-state index in [0.717, 1.165) is 6.92 Å². The molecule has 1 saturated heterocycles. The van der Waals surface area contributed by atoms with Gasteiger partial charge in [0.15, 0.2) is 18.0 Å². The van der Waals surface area contributed by atoms with Gasteiger partial charge >= 0.3 is 35.9 Å². The number of ether oxygens (including phenoxy) is 7. The molecule has 2 bridgehead atoms. The van der Waals surface area contributed by atoms with E-state index in [1.165, 1.54) is 58.9 Å². The molecule has 2 aromatic carbocycles. The maximum Gasteiger partial charge on any atom is 0.408 e. The zero-order valence-electron chi connectivity index (χ0n) is 38.9. The first kappa shape index (κ1) is 50.7. The van der Waals surface area contributed by atoms with Gasteiger partial charge in [-0.1, -0.05) is 62.4 Å². The van der Waals surface area contributed by atoms with Gasteiger partial charge in [0.2, 0.25) is 6.10 Å². The quantitative estimate of drug-likeness (QED) is 0.116. The predicted octanol–water partition coefficient (Wildman–Crippen LogP) is 2.70. The topological polar surface area (TPSA) is 283 Å². The Balaban J connectivity index is 1.52. The maximum atomic E-state index is 15.2. The van der Waals surface area contributed by atoms with Crippen LogP contribution in [0.1, 0.15) is 97.1 Å². The Kier molecular flexibility index (Phi) is 14.2. The molecule has 1 heterocycles. The number of carbonyl (C=O) groups is 7. The van der Waals surface area contributed by atoms with Crippen molar-refractivity contribution in [3.05, 3.63) is 82.9 Å². The zero-order chi connectivity index (χ0) is 49.6. The highest BCUT2D eigenvalue weighted by Crippen LogP contribution is 2.64. The second kappa shape index (κ2) is 18.7. The molecule has 364 valence electrons. The van der Waals surface area contributed by atoms with Gasteiger partial charge < -0.3 is 59.5 Å². The molecule has 67 heavy (non-hydrogen) atoms. The Hall–Kier alpha value is -5.73. The van der Waals surface area contributed by atoms with Crippen LogP contribution in [-0.2, 0) is 57.1 Å². The third kappa shape index (κ3) is 9.44. The number of aliphatic hydroxyl groups excluding tert-OH is 2. The fourth-order valence-electron chi connectivity index (χ4n) is 10.1. The van der Waals surface area contributed by atoms with Gasteiger partial charge in [0.05, 0.1) is 29.6 Å². The fraction of sp³-hybridized carbons (Fsp3) is 0.562. The summed E-state index contributed by atoms with van der Waals surface area (Å²) in [5.41, 5.74) is -3.36. The summed E-state index contributed by atoms with van der Waals surface area (Å²) in [6.45, 7) is 11.7. The Morgan fingerprint density at radius 1 is 0.940 bits per heavy atom. The van der Waals surface area contributed by atoms with E-state index in [1.54, 1.807) is 57.2 Å². The molecule has 0 aromatic heterocycles. The Morgan fingerprint density at radius 3 is 2.10 bits per heavy atom. The van der Waals surface area contributed by atoms with Gasteiger partial charge in [-0.15, -0.1) is 0 Å². The summed E-state index contributed by atoms with van der Waals surface area (Å²) in [6.07, 6.45) is -12.3. The lowest BCUT2D eigenvalue weighted by molar-refractivity contribution is -0.346. The van der Waals surface area contributed by atoms with Crippen molar-refractivity contribution in [2.45, 2.75) is 141 Å². The highest BCUT2D eigenvalue weighted by molar-refractivity contribution is 5.94. The molecule has 2 aromatic rings. The second-order valence-electron chi connectivity index (χ2n) is 19.4. The number of alkyl carbamates (subject to hydrolysis) is 1. The number of benzene rings is 2. The lowest BCUT2D eigenvalue weighted by Gasteiger charge is -2.67. The van der Waals surface area contributed by atoms with Crippen LogP contribution in [0.2, 0.25) is 0 Å². The summed E-state index contributed by atoms with van der Waals surface area (Å²) in [5, 5.41) is 40.6. The van der Waals surface area contributed by atoms with E-state index in [-0.39, 0.29) is 35.3 Å². The molecular weight excluding hydrogens is 877 g/mol. The zero-order valence-corrected chi connectivity index (χ0v) is 38.9. The minimum atomic E-state index is -2.47. The molecule has 0 radical (unpaired) electrons. The largest absolute Gasteiger partial charge is 0.455 e. The summed E-state index contributed by atoms with van der Waals surface area (Å²) < 4.78 is 40.6. The molecule has 19 nitrogen and oxygen atoms in total. The first-order valence-corrected chi connectivity index (χ1v) is 22.0. The Morgan fingerprint density at radius 2 is 1.55 bits per heavy atom. The van der Waals surface area contributed by atoms with Crippen molar-refractivity contribution in [2.75, 3.05) is 13.2 Å². The molecule has 1 aliphatic heterocycles. The number of amides is 1. The van der Waals surface area contributed by atoms with Crippen molar-refractivity contribution < 1.29 is 82.0 Å². The number of hydrogen-bond acceptors (Lipinski definition) is 18. The monoisotopic (exact) mass is 936 g/mol. The third-order valence-electron chi connectivity index (χ3n) is 13.5. The number of Topliss-reactive ketones (excluding diaryl/α,β-unsaturated/α-hetero) is 1. The molecule has 12 atom stereocenters. The van der Waals surface area contributed by atoms with E-state index in [0.29, 0.717) is 0 Å². The third-order valence-corrected chi connectivity index (χ3v) is 13.5.